The Kier molecular flexibility index (Phi) is 7.59. The number of fused-ring (bicyclic) bond motifs is 1. The quantitative estimate of drug-likeness (QED) is 0.197. The molecule has 1 unspecified atom stereocenters. The van der Waals surface area contributed by atoms with E-state index in [-0.39, 0.29) is 5.56 Å². The molecular weight excluding hydrogens is 452 g/mol. The molecule has 0 radical (unpaired) electrons. The van der Waals surface area contributed by atoms with E-state index in [1.54, 1.807) is 12.1 Å². The van der Waals surface area contributed by atoms with Crippen molar-refractivity contribution in [1.82, 2.24) is 4.98 Å². The lowest BCUT2D eigenvalue weighted by Gasteiger charge is -2.29. The average Bonchev–Trinajstić information content (AvgIpc) is 3.30. The SMILES string of the molecule is CCNc1ccc(C(N)=O)c([C@@H](C(=O)O)C(Cc2ccccc2)c2c[nH]c3ccccc23)c1NCC. The molecule has 36 heavy (non-hydrogen) atoms. The number of aromatic amines is 1. The molecule has 186 valence electrons. The van der Waals surface area contributed by atoms with Gasteiger partial charge in [0.25, 0.3) is 0 Å². The minimum absolute atomic E-state index is 0.206. The molecule has 1 amide bonds. The summed E-state index contributed by atoms with van der Waals surface area (Å²) in [5.74, 6) is -3.19. The molecule has 4 rings (SSSR count). The van der Waals surface area contributed by atoms with Gasteiger partial charge in [-0.1, -0.05) is 48.5 Å². The van der Waals surface area contributed by atoms with Crippen LogP contribution in [0.3, 0.4) is 0 Å². The number of carbonyl (C=O) groups is 2. The normalized spacial score (nSPS) is 12.7. The van der Waals surface area contributed by atoms with Crippen molar-refractivity contribution < 1.29 is 14.7 Å². The van der Waals surface area contributed by atoms with E-state index >= 15 is 0 Å². The summed E-state index contributed by atoms with van der Waals surface area (Å²) in [6.07, 6.45) is 2.36. The maximum absolute atomic E-state index is 13.2. The monoisotopic (exact) mass is 484 g/mol. The van der Waals surface area contributed by atoms with Gasteiger partial charge in [-0.25, -0.2) is 0 Å². The number of primary amides is 1. The average molecular weight is 485 g/mol. The van der Waals surface area contributed by atoms with E-state index in [9.17, 15) is 14.7 Å². The second kappa shape index (κ2) is 11.0. The van der Waals surface area contributed by atoms with Crippen LogP contribution in [-0.4, -0.2) is 35.1 Å². The Balaban J connectivity index is 2.01. The third-order valence-electron chi connectivity index (χ3n) is 6.53. The van der Waals surface area contributed by atoms with Crippen LogP contribution in [0, 0.1) is 0 Å². The van der Waals surface area contributed by atoms with Crippen LogP contribution in [0.1, 0.15) is 52.7 Å². The summed E-state index contributed by atoms with van der Waals surface area (Å²) in [4.78, 5) is 29.1. The van der Waals surface area contributed by atoms with Gasteiger partial charge in [-0.05, 0) is 49.6 Å². The highest BCUT2D eigenvalue weighted by atomic mass is 16.4. The summed E-state index contributed by atoms with van der Waals surface area (Å²) >= 11 is 0. The molecule has 3 aromatic carbocycles. The van der Waals surface area contributed by atoms with Crippen LogP contribution in [-0.2, 0) is 11.2 Å². The Morgan fingerprint density at radius 3 is 2.31 bits per heavy atom. The summed E-state index contributed by atoms with van der Waals surface area (Å²) in [7, 11) is 0. The number of nitrogens with two attached hydrogens (primary N) is 1. The highest BCUT2D eigenvalue weighted by molar-refractivity contribution is 6.00. The standard InChI is InChI=1S/C29H32N4O3/c1-3-31-24-15-14-20(28(30)34)25(27(24)32-4-2)26(29(35)36)21(16-18-10-6-5-7-11-18)22-17-33-23-13-9-8-12-19(22)23/h5-15,17,21,26,31-33H,3-4,16H2,1-2H3,(H2,30,34)(H,35,36)/t21?,26-/m0/s1. The molecule has 6 N–H and O–H groups in total. The smallest absolute Gasteiger partial charge is 0.311 e. The van der Waals surface area contributed by atoms with Gasteiger partial charge < -0.3 is 26.5 Å². The molecule has 0 aliphatic heterocycles. The van der Waals surface area contributed by atoms with Crippen LogP contribution >= 0.6 is 0 Å². The second-order valence-corrected chi connectivity index (χ2v) is 8.78. The summed E-state index contributed by atoms with van der Waals surface area (Å²) in [5, 5.41) is 18.3. The van der Waals surface area contributed by atoms with Gasteiger partial charge >= 0.3 is 5.97 Å². The van der Waals surface area contributed by atoms with Crippen molar-refractivity contribution in [1.29, 1.82) is 0 Å². The highest BCUT2D eigenvalue weighted by Crippen LogP contribution is 2.45. The molecule has 0 saturated heterocycles. The first-order chi connectivity index (χ1) is 17.5. The van der Waals surface area contributed by atoms with Crippen LogP contribution < -0.4 is 16.4 Å². The number of para-hydroxylation sites is 1. The number of benzene rings is 3. The molecule has 2 atom stereocenters. The number of rotatable bonds is 11. The van der Waals surface area contributed by atoms with Crippen LogP contribution in [0.15, 0.2) is 72.9 Å². The first-order valence-electron chi connectivity index (χ1n) is 12.2. The van der Waals surface area contributed by atoms with Gasteiger partial charge in [0.15, 0.2) is 0 Å². The third kappa shape index (κ3) is 4.91. The van der Waals surface area contributed by atoms with Gasteiger partial charge in [-0.3, -0.25) is 9.59 Å². The van der Waals surface area contributed by atoms with Crippen LogP contribution in [0.5, 0.6) is 0 Å². The fraction of sp³-hybridized carbons (Fsp3) is 0.241. The molecule has 7 nitrogen and oxygen atoms in total. The fourth-order valence-electron chi connectivity index (χ4n) is 5.04. The third-order valence-corrected chi connectivity index (χ3v) is 6.53. The molecule has 0 fully saturated rings. The number of carboxylic acids is 1. The zero-order chi connectivity index (χ0) is 25.7. The molecule has 7 heteroatoms. The number of nitrogens with one attached hydrogen (secondary N) is 3. The van der Waals surface area contributed by atoms with Gasteiger partial charge in [0.05, 0.1) is 17.3 Å². The number of carboxylic acid groups (broad SMARTS) is 1. The Bertz CT molecular complexity index is 1360. The van der Waals surface area contributed by atoms with E-state index in [0.29, 0.717) is 30.8 Å². The summed E-state index contributed by atoms with van der Waals surface area (Å²) in [6.45, 7) is 5.10. The maximum atomic E-state index is 13.2. The molecule has 1 heterocycles. The topological polar surface area (TPSA) is 120 Å². The number of hydrogen-bond donors (Lipinski definition) is 5. The van der Waals surface area contributed by atoms with Gasteiger partial charge in [0.1, 0.15) is 0 Å². The molecule has 0 spiro atoms. The first-order valence-corrected chi connectivity index (χ1v) is 12.2. The molecule has 0 saturated carbocycles. The summed E-state index contributed by atoms with van der Waals surface area (Å²) < 4.78 is 0. The predicted molar refractivity (Wildman–Crippen MR) is 145 cm³/mol. The van der Waals surface area contributed by atoms with Crippen molar-refractivity contribution in [2.24, 2.45) is 5.73 Å². The van der Waals surface area contributed by atoms with E-state index in [1.165, 1.54) is 0 Å². The highest BCUT2D eigenvalue weighted by Gasteiger charge is 2.37. The molecular formula is C29H32N4O3. The number of aromatic nitrogens is 1. The van der Waals surface area contributed by atoms with Gasteiger partial charge in [0.2, 0.25) is 5.91 Å². The minimum Gasteiger partial charge on any atom is -0.481 e. The van der Waals surface area contributed by atoms with E-state index in [1.807, 2.05) is 74.6 Å². The largest absolute Gasteiger partial charge is 0.481 e. The van der Waals surface area contributed by atoms with E-state index in [4.69, 9.17) is 5.73 Å². The Labute approximate surface area is 210 Å². The van der Waals surface area contributed by atoms with Crippen molar-refractivity contribution in [2.45, 2.75) is 32.1 Å². The van der Waals surface area contributed by atoms with Gasteiger partial charge in [-0.2, -0.15) is 0 Å². The molecule has 1 aromatic heterocycles. The predicted octanol–water partition coefficient (Wildman–Crippen LogP) is 5.33. The van der Waals surface area contributed by atoms with Gasteiger partial charge in [0, 0.05) is 47.2 Å². The van der Waals surface area contributed by atoms with Gasteiger partial charge in [-0.15, -0.1) is 0 Å². The van der Waals surface area contributed by atoms with Crippen molar-refractivity contribution in [3.63, 3.8) is 0 Å². The number of hydrogen-bond acceptors (Lipinski definition) is 4. The Morgan fingerprint density at radius 1 is 0.944 bits per heavy atom. The van der Waals surface area contributed by atoms with Crippen molar-refractivity contribution in [2.75, 3.05) is 23.7 Å². The lowest BCUT2D eigenvalue weighted by Crippen LogP contribution is -2.27. The van der Waals surface area contributed by atoms with Crippen LogP contribution in [0.2, 0.25) is 0 Å². The van der Waals surface area contributed by atoms with Crippen LogP contribution in [0.4, 0.5) is 11.4 Å². The number of anilines is 2. The molecule has 0 aliphatic carbocycles. The lowest BCUT2D eigenvalue weighted by atomic mass is 9.75. The maximum Gasteiger partial charge on any atom is 0.311 e. The Hall–Kier alpha value is -4.26. The van der Waals surface area contributed by atoms with E-state index in [2.05, 4.69) is 15.6 Å². The summed E-state index contributed by atoms with van der Waals surface area (Å²) in [5.41, 5.74) is 10.6. The number of H-pyrrole nitrogens is 1. The van der Waals surface area contributed by atoms with Crippen molar-refractivity contribution >= 4 is 34.2 Å². The number of amides is 1. The zero-order valence-corrected chi connectivity index (χ0v) is 20.5. The molecule has 4 aromatic rings. The minimum atomic E-state index is -1.04. The van der Waals surface area contributed by atoms with Crippen molar-refractivity contribution in [3.8, 4) is 0 Å². The molecule has 0 aliphatic rings. The second-order valence-electron chi connectivity index (χ2n) is 8.78. The van der Waals surface area contributed by atoms with Crippen molar-refractivity contribution in [3.05, 3.63) is 95.2 Å². The first kappa shape index (κ1) is 24.9. The fourth-order valence-corrected chi connectivity index (χ4v) is 5.04. The number of carbonyl (C=O) groups excluding carboxylic acids is 1. The zero-order valence-electron chi connectivity index (χ0n) is 20.5. The van der Waals surface area contributed by atoms with Crippen LogP contribution in [0.25, 0.3) is 10.9 Å². The van der Waals surface area contributed by atoms with E-state index in [0.717, 1.165) is 27.7 Å². The number of aliphatic carboxylic acids is 1. The summed E-state index contributed by atoms with van der Waals surface area (Å²) in [6, 6.07) is 21.1. The Morgan fingerprint density at radius 2 is 1.64 bits per heavy atom. The van der Waals surface area contributed by atoms with E-state index < -0.39 is 23.7 Å². The lowest BCUT2D eigenvalue weighted by molar-refractivity contribution is -0.139. The molecule has 0 bridgehead atoms.